The molecule has 36 heavy (non-hydrogen) atoms. The number of carbonyl (C=O) groups is 1. The first-order valence-electron chi connectivity index (χ1n) is 11.8. The summed E-state index contributed by atoms with van der Waals surface area (Å²) in [6.45, 7) is 3.63. The molecular weight excluding hydrogens is 460 g/mol. The molecule has 8 heteroatoms. The van der Waals surface area contributed by atoms with Crippen molar-refractivity contribution < 1.29 is 28.5 Å². The third kappa shape index (κ3) is 6.40. The molecule has 8 nitrogen and oxygen atoms in total. The van der Waals surface area contributed by atoms with Crippen LogP contribution in [-0.4, -0.2) is 69.8 Å². The van der Waals surface area contributed by atoms with Crippen LogP contribution in [0.15, 0.2) is 66.7 Å². The summed E-state index contributed by atoms with van der Waals surface area (Å²) in [6.07, 6.45) is 0. The van der Waals surface area contributed by atoms with E-state index >= 15 is 0 Å². The molecule has 0 aliphatic carbocycles. The fourth-order valence-corrected chi connectivity index (χ4v) is 4.12. The van der Waals surface area contributed by atoms with E-state index in [1.165, 1.54) is 19.8 Å². The molecule has 3 aromatic rings. The summed E-state index contributed by atoms with van der Waals surface area (Å²) < 4.78 is 27.7. The van der Waals surface area contributed by atoms with Crippen molar-refractivity contribution in [1.82, 2.24) is 9.80 Å². The molecule has 0 bridgehead atoms. The van der Waals surface area contributed by atoms with Crippen LogP contribution in [0.1, 0.15) is 5.56 Å². The number of methoxy groups -OCH3 is 3. The topological polar surface area (TPSA) is 69.7 Å². The van der Waals surface area contributed by atoms with Gasteiger partial charge in [0.2, 0.25) is 5.75 Å². The predicted molar refractivity (Wildman–Crippen MR) is 136 cm³/mol. The fraction of sp³-hybridized carbons (Fsp3) is 0.321. The number of rotatable bonds is 10. The quantitative estimate of drug-likeness (QED) is 0.420. The average molecular weight is 493 g/mol. The van der Waals surface area contributed by atoms with Crippen molar-refractivity contribution in [3.05, 3.63) is 72.3 Å². The summed E-state index contributed by atoms with van der Waals surface area (Å²) in [6, 6.07) is 21.2. The molecule has 190 valence electrons. The Labute approximate surface area is 211 Å². The van der Waals surface area contributed by atoms with Crippen LogP contribution in [0.2, 0.25) is 0 Å². The highest BCUT2D eigenvalue weighted by atomic mass is 16.5. The summed E-state index contributed by atoms with van der Waals surface area (Å²) in [4.78, 5) is 16.9. The van der Waals surface area contributed by atoms with Gasteiger partial charge in [-0.25, -0.2) is 0 Å². The molecule has 1 heterocycles. The maximum Gasteiger partial charge on any atom is 0.260 e. The van der Waals surface area contributed by atoms with Gasteiger partial charge in [0.05, 0.1) is 21.3 Å². The van der Waals surface area contributed by atoms with E-state index in [1.807, 2.05) is 47.4 Å². The van der Waals surface area contributed by atoms with E-state index in [2.05, 4.69) is 17.0 Å². The molecule has 1 amide bonds. The number of carbonyl (C=O) groups excluding carboxylic acids is 1. The lowest BCUT2D eigenvalue weighted by Gasteiger charge is -2.34. The molecule has 0 N–H and O–H groups in total. The fourth-order valence-electron chi connectivity index (χ4n) is 4.12. The van der Waals surface area contributed by atoms with Gasteiger partial charge in [0.15, 0.2) is 18.1 Å². The van der Waals surface area contributed by atoms with Crippen molar-refractivity contribution >= 4 is 5.91 Å². The molecule has 0 spiro atoms. The normalized spacial score (nSPS) is 13.7. The first-order chi connectivity index (χ1) is 17.6. The van der Waals surface area contributed by atoms with Crippen molar-refractivity contribution in [2.45, 2.75) is 6.54 Å². The Bertz CT molecular complexity index is 1120. The number of nitrogens with zero attached hydrogens (tertiary/aromatic N) is 2. The number of ether oxygens (including phenoxy) is 5. The van der Waals surface area contributed by atoms with Gasteiger partial charge in [-0.05, 0) is 29.8 Å². The minimum Gasteiger partial charge on any atom is -0.493 e. The van der Waals surface area contributed by atoms with Gasteiger partial charge < -0.3 is 28.6 Å². The monoisotopic (exact) mass is 492 g/mol. The lowest BCUT2D eigenvalue weighted by atomic mass is 10.2. The summed E-state index contributed by atoms with van der Waals surface area (Å²) in [5, 5.41) is 0. The van der Waals surface area contributed by atoms with Crippen molar-refractivity contribution in [3.8, 4) is 34.5 Å². The summed E-state index contributed by atoms with van der Waals surface area (Å²) in [7, 11) is 4.62. The summed E-state index contributed by atoms with van der Waals surface area (Å²) in [5.74, 6) is 3.49. The van der Waals surface area contributed by atoms with Gasteiger partial charge in [0.25, 0.3) is 5.91 Å². The van der Waals surface area contributed by atoms with Gasteiger partial charge in [-0.2, -0.15) is 0 Å². The molecule has 4 rings (SSSR count). The summed E-state index contributed by atoms with van der Waals surface area (Å²) >= 11 is 0. The van der Waals surface area contributed by atoms with Crippen molar-refractivity contribution in [1.29, 1.82) is 0 Å². The van der Waals surface area contributed by atoms with E-state index in [1.54, 1.807) is 19.2 Å². The van der Waals surface area contributed by atoms with E-state index < -0.39 is 0 Å². The predicted octanol–water partition coefficient (Wildman–Crippen LogP) is 4.23. The standard InChI is InChI=1S/C28H32N2O6/c1-32-25-17-24(18-26(33-2)28(25)34-3)35-20-27(31)30-14-12-29(13-15-30)19-21-8-7-11-23(16-21)36-22-9-5-4-6-10-22/h4-11,16-18H,12-15,19-20H2,1-3H3. The van der Waals surface area contributed by atoms with Gasteiger partial charge in [0, 0.05) is 44.9 Å². The Kier molecular flexibility index (Phi) is 8.52. The van der Waals surface area contributed by atoms with Crippen LogP contribution < -0.4 is 23.7 Å². The minimum atomic E-state index is -0.0580. The molecule has 0 radical (unpaired) electrons. The van der Waals surface area contributed by atoms with E-state index in [4.69, 9.17) is 23.7 Å². The molecule has 1 aliphatic heterocycles. The van der Waals surface area contributed by atoms with Crippen molar-refractivity contribution in [3.63, 3.8) is 0 Å². The Hall–Kier alpha value is -3.91. The van der Waals surface area contributed by atoms with Crippen LogP contribution in [-0.2, 0) is 11.3 Å². The first-order valence-corrected chi connectivity index (χ1v) is 11.8. The Balaban J connectivity index is 1.27. The molecule has 0 unspecified atom stereocenters. The van der Waals surface area contributed by atoms with Crippen LogP contribution >= 0.6 is 0 Å². The first kappa shape index (κ1) is 25.2. The molecule has 1 aliphatic rings. The molecule has 0 saturated carbocycles. The van der Waals surface area contributed by atoms with Crippen LogP contribution in [0.3, 0.4) is 0 Å². The van der Waals surface area contributed by atoms with E-state index in [0.717, 1.165) is 31.1 Å². The highest BCUT2D eigenvalue weighted by Gasteiger charge is 2.22. The van der Waals surface area contributed by atoms with Crippen LogP contribution in [0.5, 0.6) is 34.5 Å². The lowest BCUT2D eigenvalue weighted by molar-refractivity contribution is -0.135. The van der Waals surface area contributed by atoms with E-state index in [9.17, 15) is 4.79 Å². The van der Waals surface area contributed by atoms with E-state index in [-0.39, 0.29) is 12.5 Å². The number of benzene rings is 3. The van der Waals surface area contributed by atoms with Crippen molar-refractivity contribution in [2.24, 2.45) is 0 Å². The molecule has 1 fully saturated rings. The zero-order chi connectivity index (χ0) is 25.3. The third-order valence-electron chi connectivity index (χ3n) is 6.01. The van der Waals surface area contributed by atoms with Crippen LogP contribution in [0.4, 0.5) is 0 Å². The molecular formula is C28H32N2O6. The van der Waals surface area contributed by atoms with Crippen molar-refractivity contribution in [2.75, 3.05) is 54.1 Å². The highest BCUT2D eigenvalue weighted by Crippen LogP contribution is 2.40. The maximum absolute atomic E-state index is 12.8. The van der Waals surface area contributed by atoms with Gasteiger partial charge in [-0.15, -0.1) is 0 Å². The second-order valence-electron chi connectivity index (χ2n) is 8.37. The van der Waals surface area contributed by atoms with Gasteiger partial charge in [-0.1, -0.05) is 30.3 Å². The molecule has 3 aromatic carbocycles. The Morgan fingerprint density at radius 1 is 0.750 bits per heavy atom. The van der Waals surface area contributed by atoms with Crippen LogP contribution in [0, 0.1) is 0 Å². The number of amides is 1. The smallest absolute Gasteiger partial charge is 0.260 e. The second kappa shape index (κ2) is 12.2. The van der Waals surface area contributed by atoms with Gasteiger partial charge in [0.1, 0.15) is 17.2 Å². The maximum atomic E-state index is 12.8. The minimum absolute atomic E-state index is 0.0540. The molecule has 1 saturated heterocycles. The second-order valence-corrected chi connectivity index (χ2v) is 8.37. The number of hydrogen-bond donors (Lipinski definition) is 0. The van der Waals surface area contributed by atoms with Gasteiger partial charge in [-0.3, -0.25) is 9.69 Å². The number of piperazine rings is 1. The zero-order valence-corrected chi connectivity index (χ0v) is 20.9. The third-order valence-corrected chi connectivity index (χ3v) is 6.01. The summed E-state index contributed by atoms with van der Waals surface area (Å²) in [5.41, 5.74) is 1.17. The average Bonchev–Trinajstić information content (AvgIpc) is 2.92. The van der Waals surface area contributed by atoms with Gasteiger partial charge >= 0.3 is 0 Å². The van der Waals surface area contributed by atoms with Crippen LogP contribution in [0.25, 0.3) is 0 Å². The Morgan fingerprint density at radius 3 is 2.06 bits per heavy atom. The zero-order valence-electron chi connectivity index (χ0n) is 20.9. The Morgan fingerprint density at radius 2 is 1.42 bits per heavy atom. The number of para-hydroxylation sites is 1. The number of hydrogen-bond acceptors (Lipinski definition) is 7. The highest BCUT2D eigenvalue weighted by molar-refractivity contribution is 5.78. The largest absolute Gasteiger partial charge is 0.493 e. The molecule has 0 aromatic heterocycles. The lowest BCUT2D eigenvalue weighted by Crippen LogP contribution is -2.49. The SMILES string of the molecule is COc1cc(OCC(=O)N2CCN(Cc3cccc(Oc4ccccc4)c3)CC2)cc(OC)c1OC. The molecule has 0 atom stereocenters. The van der Waals surface area contributed by atoms with E-state index in [0.29, 0.717) is 36.1 Å².